The topological polar surface area (TPSA) is 169 Å². The van der Waals surface area contributed by atoms with Gasteiger partial charge in [-0.3, -0.25) is 18.8 Å². The molecule has 4 rings (SSSR count). The normalized spacial score (nSPS) is 11.6. The minimum Gasteiger partial charge on any atom is -0.478 e. The number of amides is 3. The number of carboxylic acid groups (broad SMARTS) is 1. The van der Waals surface area contributed by atoms with Gasteiger partial charge in [0.05, 0.1) is 5.56 Å². The quantitative estimate of drug-likeness (QED) is 0.283. The van der Waals surface area contributed by atoms with Gasteiger partial charge in [-0.2, -0.15) is 0 Å². The Morgan fingerprint density at radius 2 is 1.81 bits per heavy atom. The zero-order chi connectivity index (χ0) is 26.7. The maximum atomic E-state index is 13.5. The number of imidazole rings is 1. The first-order chi connectivity index (χ1) is 17.6. The van der Waals surface area contributed by atoms with Crippen LogP contribution in [0.25, 0.3) is 5.78 Å². The number of fused-ring (bicyclic) bond motifs is 1. The van der Waals surface area contributed by atoms with E-state index in [-0.39, 0.29) is 40.7 Å². The Morgan fingerprint density at radius 1 is 1.08 bits per heavy atom. The molecule has 4 aromatic rings. The number of nitrogens with one attached hydrogen (secondary N) is 2. The van der Waals surface area contributed by atoms with Crippen LogP contribution in [0.2, 0.25) is 0 Å². The fraction of sp³-hybridized carbons (Fsp3) is 0.120. The van der Waals surface area contributed by atoms with Crippen LogP contribution in [0.5, 0.6) is 0 Å². The summed E-state index contributed by atoms with van der Waals surface area (Å²) < 4.78 is 14.8. The Balaban J connectivity index is 1.58. The predicted octanol–water partition coefficient (Wildman–Crippen LogP) is 1.76. The molecule has 12 heteroatoms. The molecule has 0 aliphatic rings. The minimum absolute atomic E-state index is 0.000920. The molecule has 1 atom stereocenters. The molecule has 0 fully saturated rings. The number of aryl methyl sites for hydroxylation is 1. The molecule has 3 amide bonds. The summed E-state index contributed by atoms with van der Waals surface area (Å²) in [5.41, 5.74) is 6.72. The molecular weight excluding hydrogens is 483 g/mol. The van der Waals surface area contributed by atoms with Crippen molar-refractivity contribution in [3.05, 3.63) is 100 Å². The molecule has 2 aromatic carbocycles. The molecule has 2 aromatic heterocycles. The van der Waals surface area contributed by atoms with Crippen LogP contribution < -0.4 is 16.4 Å². The number of carboxylic acids is 1. The summed E-state index contributed by atoms with van der Waals surface area (Å²) in [6.07, 6.45) is 2.85. The summed E-state index contributed by atoms with van der Waals surface area (Å²) in [6, 6.07) is 9.71. The Hall–Kier alpha value is -5.13. The van der Waals surface area contributed by atoms with Gasteiger partial charge in [0.1, 0.15) is 23.2 Å². The van der Waals surface area contributed by atoms with Crippen LogP contribution in [-0.4, -0.2) is 43.2 Å². The van der Waals surface area contributed by atoms with Crippen molar-refractivity contribution in [3.63, 3.8) is 0 Å². The second kappa shape index (κ2) is 10.2. The van der Waals surface area contributed by atoms with Gasteiger partial charge in [0.15, 0.2) is 0 Å². The van der Waals surface area contributed by atoms with Crippen molar-refractivity contribution in [1.29, 1.82) is 0 Å². The molecule has 0 unspecified atom stereocenters. The van der Waals surface area contributed by atoms with Gasteiger partial charge in [-0.15, -0.1) is 0 Å². The van der Waals surface area contributed by atoms with Gasteiger partial charge in [0.25, 0.3) is 11.8 Å². The predicted molar refractivity (Wildman–Crippen MR) is 128 cm³/mol. The average molecular weight is 504 g/mol. The smallest absolute Gasteiger partial charge is 0.335 e. The van der Waals surface area contributed by atoms with Crippen molar-refractivity contribution in [3.8, 4) is 0 Å². The lowest BCUT2D eigenvalue weighted by Crippen LogP contribution is -2.38. The number of nitrogens with two attached hydrogens (primary N) is 1. The lowest BCUT2D eigenvalue weighted by Gasteiger charge is -2.17. The molecule has 0 saturated carbocycles. The van der Waals surface area contributed by atoms with Gasteiger partial charge in [-0.1, -0.05) is 24.3 Å². The van der Waals surface area contributed by atoms with E-state index in [4.69, 9.17) is 10.8 Å². The van der Waals surface area contributed by atoms with Crippen molar-refractivity contribution in [2.45, 2.75) is 19.5 Å². The Bertz CT molecular complexity index is 1530. The molecule has 37 heavy (non-hydrogen) atoms. The van der Waals surface area contributed by atoms with E-state index in [1.807, 2.05) is 0 Å². The lowest BCUT2D eigenvalue weighted by molar-refractivity contribution is -0.120. The van der Waals surface area contributed by atoms with Crippen molar-refractivity contribution in [2.24, 2.45) is 5.73 Å². The summed E-state index contributed by atoms with van der Waals surface area (Å²) in [6.45, 7) is 1.71. The molecule has 0 aliphatic heterocycles. The molecule has 0 saturated heterocycles. The number of aromatic nitrogens is 3. The van der Waals surface area contributed by atoms with E-state index in [1.165, 1.54) is 53.2 Å². The fourth-order valence-electron chi connectivity index (χ4n) is 3.63. The zero-order valence-corrected chi connectivity index (χ0v) is 19.4. The zero-order valence-electron chi connectivity index (χ0n) is 19.4. The number of benzene rings is 2. The first-order valence-electron chi connectivity index (χ1n) is 10.9. The summed E-state index contributed by atoms with van der Waals surface area (Å²) in [5.74, 6) is -3.66. The van der Waals surface area contributed by atoms with E-state index in [0.29, 0.717) is 11.1 Å². The number of hydrogen-bond donors (Lipinski definition) is 4. The van der Waals surface area contributed by atoms with Crippen LogP contribution in [0, 0.1) is 12.7 Å². The van der Waals surface area contributed by atoms with Crippen LogP contribution in [0.3, 0.4) is 0 Å². The Morgan fingerprint density at radius 3 is 2.46 bits per heavy atom. The number of aromatic carboxylic acids is 1. The molecule has 0 bridgehead atoms. The highest BCUT2D eigenvalue weighted by atomic mass is 19.1. The van der Waals surface area contributed by atoms with E-state index in [0.717, 1.165) is 0 Å². The number of nitrogens with zero attached hydrogens (tertiary/aromatic N) is 3. The first-order valence-corrected chi connectivity index (χ1v) is 10.9. The van der Waals surface area contributed by atoms with Gasteiger partial charge >= 0.3 is 5.97 Å². The third kappa shape index (κ3) is 5.42. The van der Waals surface area contributed by atoms with Crippen molar-refractivity contribution in [1.82, 2.24) is 25.0 Å². The van der Waals surface area contributed by atoms with Crippen LogP contribution in [-0.2, 0) is 11.3 Å². The van der Waals surface area contributed by atoms with Gasteiger partial charge in [0, 0.05) is 18.9 Å². The molecule has 0 aliphatic carbocycles. The van der Waals surface area contributed by atoms with E-state index >= 15 is 0 Å². The van der Waals surface area contributed by atoms with E-state index in [2.05, 4.69) is 20.6 Å². The number of primary amides is 1. The summed E-state index contributed by atoms with van der Waals surface area (Å²) in [7, 11) is 0. The van der Waals surface area contributed by atoms with Crippen molar-refractivity contribution in [2.75, 3.05) is 0 Å². The van der Waals surface area contributed by atoms with Crippen LogP contribution in [0.1, 0.15) is 54.1 Å². The monoisotopic (exact) mass is 504 g/mol. The Labute approximate surface area is 209 Å². The van der Waals surface area contributed by atoms with Gasteiger partial charge in [-0.05, 0) is 47.9 Å². The summed E-state index contributed by atoms with van der Waals surface area (Å²) in [5, 5.41) is 14.3. The number of carbonyl (C=O) groups is 4. The maximum absolute atomic E-state index is 13.5. The van der Waals surface area contributed by atoms with Crippen molar-refractivity contribution >= 4 is 29.5 Å². The number of halogens is 1. The average Bonchev–Trinajstić information content (AvgIpc) is 3.35. The second-order valence-corrected chi connectivity index (χ2v) is 8.13. The van der Waals surface area contributed by atoms with Crippen molar-refractivity contribution < 1.29 is 28.7 Å². The number of carbonyl (C=O) groups excluding carboxylic acids is 3. The fourth-order valence-corrected chi connectivity index (χ4v) is 3.63. The van der Waals surface area contributed by atoms with Gasteiger partial charge in [-0.25, -0.2) is 19.2 Å². The van der Waals surface area contributed by atoms with E-state index < -0.39 is 29.7 Å². The molecule has 5 N–H and O–H groups in total. The minimum atomic E-state index is -1.28. The first kappa shape index (κ1) is 25.0. The molecule has 2 heterocycles. The lowest BCUT2D eigenvalue weighted by atomic mass is 10.0. The summed E-state index contributed by atoms with van der Waals surface area (Å²) in [4.78, 5) is 57.4. The van der Waals surface area contributed by atoms with E-state index in [1.54, 1.807) is 19.1 Å². The van der Waals surface area contributed by atoms with Gasteiger partial charge < -0.3 is 21.5 Å². The molecular formula is C25H21FN6O5. The molecule has 11 nitrogen and oxygen atoms in total. The molecule has 0 spiro atoms. The number of hydrogen-bond acceptors (Lipinski definition) is 6. The van der Waals surface area contributed by atoms with E-state index in [9.17, 15) is 23.6 Å². The highest BCUT2D eigenvalue weighted by Gasteiger charge is 2.24. The van der Waals surface area contributed by atoms with Crippen LogP contribution >= 0.6 is 0 Å². The van der Waals surface area contributed by atoms with Gasteiger partial charge in [0.2, 0.25) is 11.7 Å². The standard InChI is InChI=1S/C25H21FN6O5/c1-13-10-14(2-7-17(13)26)12-29-22(34)18-11-19(32-9-8-28-25(32)30-18)23(35)31-20(21(27)33)15-3-5-16(6-4-15)24(36)37/h2-11,20H,12H2,1H3,(H2,27,33)(H,29,34)(H,31,35)(H,36,37)/t20-/m1/s1. The largest absolute Gasteiger partial charge is 0.478 e. The molecule has 0 radical (unpaired) electrons. The Kier molecular flexibility index (Phi) is 6.91. The maximum Gasteiger partial charge on any atom is 0.335 e. The SMILES string of the molecule is Cc1cc(CNC(=O)c2cc(C(=O)N[C@@H](C(N)=O)c3ccc(C(=O)O)cc3)n3ccnc3n2)ccc1F. The molecule has 188 valence electrons. The van der Waals surface area contributed by atoms with Crippen LogP contribution in [0.15, 0.2) is 60.9 Å². The highest BCUT2D eigenvalue weighted by molar-refractivity contribution is 6.00. The summed E-state index contributed by atoms with van der Waals surface area (Å²) >= 11 is 0. The third-order valence-corrected chi connectivity index (χ3v) is 5.57. The second-order valence-electron chi connectivity index (χ2n) is 8.13. The highest BCUT2D eigenvalue weighted by Crippen LogP contribution is 2.16. The van der Waals surface area contributed by atoms with Crippen LogP contribution in [0.4, 0.5) is 4.39 Å². The number of rotatable bonds is 8. The third-order valence-electron chi connectivity index (χ3n) is 5.57.